The SMILES string of the molecule is O=C(O)c1ccccc1CS(=O)(=O)c1cccc[n+]1[O-]. The van der Waals surface area contributed by atoms with Crippen LogP contribution in [-0.2, 0) is 15.6 Å². The van der Waals surface area contributed by atoms with Crippen molar-refractivity contribution in [1.29, 1.82) is 0 Å². The van der Waals surface area contributed by atoms with Gasteiger partial charge in [-0.3, -0.25) is 0 Å². The standard InChI is InChI=1S/C13H11NO5S/c15-13(16)11-6-2-1-5-10(11)9-20(18,19)12-7-3-4-8-14(12)17/h1-8H,9H2,(H,15,16). The number of aromatic carboxylic acids is 1. The smallest absolute Gasteiger partial charge is 0.335 e. The molecular weight excluding hydrogens is 282 g/mol. The fourth-order valence-corrected chi connectivity index (χ4v) is 3.22. The van der Waals surface area contributed by atoms with Gasteiger partial charge in [0.2, 0.25) is 9.84 Å². The largest absolute Gasteiger partial charge is 0.618 e. The second kappa shape index (κ2) is 5.30. The van der Waals surface area contributed by atoms with Crippen molar-refractivity contribution in [2.75, 3.05) is 0 Å². The zero-order valence-corrected chi connectivity index (χ0v) is 11.1. The first-order chi connectivity index (χ1) is 9.42. The summed E-state index contributed by atoms with van der Waals surface area (Å²) in [5, 5.41) is 20.1. The normalized spacial score (nSPS) is 11.2. The van der Waals surface area contributed by atoms with E-state index < -0.39 is 26.6 Å². The summed E-state index contributed by atoms with van der Waals surface area (Å²) >= 11 is 0. The highest BCUT2D eigenvalue weighted by Crippen LogP contribution is 2.16. The Labute approximate surface area is 115 Å². The Morgan fingerprint density at radius 3 is 2.45 bits per heavy atom. The Balaban J connectivity index is 2.45. The number of hydrogen-bond acceptors (Lipinski definition) is 4. The molecule has 2 rings (SSSR count). The number of benzene rings is 1. The lowest BCUT2D eigenvalue weighted by Gasteiger charge is -2.07. The second-order valence-corrected chi connectivity index (χ2v) is 6.02. The number of pyridine rings is 1. The summed E-state index contributed by atoms with van der Waals surface area (Å²) in [6.07, 6.45) is 1.08. The minimum Gasteiger partial charge on any atom is -0.618 e. The van der Waals surface area contributed by atoms with Crippen LogP contribution < -0.4 is 4.73 Å². The quantitative estimate of drug-likeness (QED) is 0.669. The number of rotatable bonds is 4. The third-order valence-corrected chi connectivity index (χ3v) is 4.34. The van der Waals surface area contributed by atoms with Gasteiger partial charge in [0.15, 0.2) is 6.20 Å². The van der Waals surface area contributed by atoms with Crippen LogP contribution in [0.25, 0.3) is 0 Å². The molecule has 0 bridgehead atoms. The summed E-state index contributed by atoms with van der Waals surface area (Å²) in [7, 11) is -3.91. The molecule has 1 aromatic carbocycles. The van der Waals surface area contributed by atoms with Gasteiger partial charge in [0.1, 0.15) is 0 Å². The van der Waals surface area contributed by atoms with Gasteiger partial charge in [0.25, 0.3) is 0 Å². The lowest BCUT2D eigenvalue weighted by Crippen LogP contribution is -2.33. The molecule has 0 fully saturated rings. The molecule has 0 aliphatic rings. The molecular formula is C13H11NO5S. The summed E-state index contributed by atoms with van der Waals surface area (Å²) in [5.41, 5.74) is 0.0494. The number of carboxylic acids is 1. The second-order valence-electron chi connectivity index (χ2n) is 4.09. The van der Waals surface area contributed by atoms with E-state index in [0.29, 0.717) is 0 Å². The van der Waals surface area contributed by atoms with Crippen molar-refractivity contribution in [2.45, 2.75) is 10.8 Å². The molecule has 7 heteroatoms. The molecule has 1 heterocycles. The number of hydrogen-bond donors (Lipinski definition) is 1. The average molecular weight is 293 g/mol. The van der Waals surface area contributed by atoms with Crippen molar-refractivity contribution < 1.29 is 23.0 Å². The first kappa shape index (κ1) is 14.0. The maximum absolute atomic E-state index is 12.2. The monoisotopic (exact) mass is 293 g/mol. The molecule has 0 amide bonds. The lowest BCUT2D eigenvalue weighted by molar-refractivity contribution is -0.646. The van der Waals surface area contributed by atoms with Crippen LogP contribution in [0.2, 0.25) is 0 Å². The molecule has 0 radical (unpaired) electrons. The van der Waals surface area contributed by atoms with Gasteiger partial charge in [0, 0.05) is 12.1 Å². The highest BCUT2D eigenvalue weighted by molar-refractivity contribution is 7.90. The summed E-state index contributed by atoms with van der Waals surface area (Å²) in [6.45, 7) is 0. The Hall–Kier alpha value is -2.41. The van der Waals surface area contributed by atoms with E-state index in [1.54, 1.807) is 6.07 Å². The van der Waals surface area contributed by atoms with Crippen LogP contribution in [0.3, 0.4) is 0 Å². The number of sulfone groups is 1. The molecule has 6 nitrogen and oxygen atoms in total. The molecule has 20 heavy (non-hydrogen) atoms. The van der Waals surface area contributed by atoms with E-state index in [9.17, 15) is 18.4 Å². The van der Waals surface area contributed by atoms with E-state index >= 15 is 0 Å². The molecule has 0 aliphatic heterocycles. The van der Waals surface area contributed by atoms with Crippen molar-refractivity contribution in [1.82, 2.24) is 0 Å². The topological polar surface area (TPSA) is 98.4 Å². The van der Waals surface area contributed by atoms with Gasteiger partial charge >= 0.3 is 11.0 Å². The third kappa shape index (κ3) is 2.77. The first-order valence-electron chi connectivity index (χ1n) is 5.64. The lowest BCUT2D eigenvalue weighted by atomic mass is 10.1. The van der Waals surface area contributed by atoms with Gasteiger partial charge in [0.05, 0.1) is 11.3 Å². The predicted octanol–water partition coefficient (Wildman–Crippen LogP) is 0.992. The summed E-state index contributed by atoms with van der Waals surface area (Å²) < 4.78 is 24.6. The minimum atomic E-state index is -3.91. The maximum Gasteiger partial charge on any atom is 0.335 e. The Bertz CT molecular complexity index is 755. The van der Waals surface area contributed by atoms with Crippen LogP contribution in [0, 0.1) is 5.21 Å². The van der Waals surface area contributed by atoms with Crippen molar-refractivity contribution in [2.24, 2.45) is 0 Å². The molecule has 1 aromatic heterocycles. The van der Waals surface area contributed by atoms with Crippen LogP contribution in [0.1, 0.15) is 15.9 Å². The first-order valence-corrected chi connectivity index (χ1v) is 7.29. The van der Waals surface area contributed by atoms with E-state index in [2.05, 4.69) is 0 Å². The zero-order chi connectivity index (χ0) is 14.8. The molecule has 0 spiro atoms. The van der Waals surface area contributed by atoms with E-state index in [4.69, 9.17) is 5.11 Å². The van der Waals surface area contributed by atoms with Crippen molar-refractivity contribution in [3.05, 3.63) is 65.0 Å². The number of nitrogens with zero attached hydrogens (tertiary/aromatic N) is 1. The number of aromatic nitrogens is 1. The Morgan fingerprint density at radius 2 is 1.80 bits per heavy atom. The van der Waals surface area contributed by atoms with Crippen molar-refractivity contribution >= 4 is 15.8 Å². The van der Waals surface area contributed by atoms with Crippen molar-refractivity contribution in [3.63, 3.8) is 0 Å². The Morgan fingerprint density at radius 1 is 1.15 bits per heavy atom. The third-order valence-electron chi connectivity index (χ3n) is 2.70. The molecule has 2 aromatic rings. The highest BCUT2D eigenvalue weighted by Gasteiger charge is 2.25. The molecule has 0 atom stereocenters. The van der Waals surface area contributed by atoms with Gasteiger partial charge in [-0.25, -0.2) is 13.2 Å². The van der Waals surface area contributed by atoms with Crippen LogP contribution in [-0.4, -0.2) is 19.5 Å². The molecule has 1 N–H and O–H groups in total. The highest BCUT2D eigenvalue weighted by atomic mass is 32.2. The maximum atomic E-state index is 12.2. The fraction of sp³-hybridized carbons (Fsp3) is 0.0769. The molecule has 0 unspecified atom stereocenters. The van der Waals surface area contributed by atoms with Gasteiger partial charge < -0.3 is 10.3 Å². The molecule has 0 aliphatic carbocycles. The van der Waals surface area contributed by atoms with Gasteiger partial charge in [-0.15, -0.1) is 0 Å². The van der Waals surface area contributed by atoms with Crippen molar-refractivity contribution in [3.8, 4) is 0 Å². The van der Waals surface area contributed by atoms with Crippen LogP contribution in [0.5, 0.6) is 0 Å². The van der Waals surface area contributed by atoms with Gasteiger partial charge in [-0.05, 0) is 17.7 Å². The average Bonchev–Trinajstić information content (AvgIpc) is 2.39. The number of carbonyl (C=O) groups is 1. The van der Waals surface area contributed by atoms with Crippen LogP contribution in [0.15, 0.2) is 53.7 Å². The zero-order valence-electron chi connectivity index (χ0n) is 10.3. The Kier molecular flexibility index (Phi) is 3.71. The van der Waals surface area contributed by atoms with E-state index in [0.717, 1.165) is 6.20 Å². The summed E-state index contributed by atoms with van der Waals surface area (Å²) in [5.74, 6) is -1.75. The number of carboxylic acid groups (broad SMARTS) is 1. The molecule has 0 saturated carbocycles. The predicted molar refractivity (Wildman–Crippen MR) is 69.7 cm³/mol. The van der Waals surface area contributed by atoms with E-state index in [1.165, 1.54) is 36.4 Å². The molecule has 0 saturated heterocycles. The van der Waals surface area contributed by atoms with E-state index in [-0.39, 0.29) is 15.9 Å². The van der Waals surface area contributed by atoms with Gasteiger partial charge in [-0.1, -0.05) is 18.2 Å². The summed E-state index contributed by atoms with van der Waals surface area (Å²) in [6, 6.07) is 9.83. The minimum absolute atomic E-state index is 0.0931. The molecule has 104 valence electrons. The van der Waals surface area contributed by atoms with Crippen LogP contribution >= 0.6 is 0 Å². The fourth-order valence-electron chi connectivity index (χ4n) is 1.79. The van der Waals surface area contributed by atoms with Gasteiger partial charge in [-0.2, -0.15) is 4.73 Å². The van der Waals surface area contributed by atoms with Crippen LogP contribution in [0.4, 0.5) is 0 Å². The van der Waals surface area contributed by atoms with E-state index in [1.807, 2.05) is 0 Å². The summed E-state index contributed by atoms with van der Waals surface area (Å²) in [4.78, 5) is 11.0.